The van der Waals surface area contributed by atoms with E-state index in [4.69, 9.17) is 22.6 Å². The number of nitrogens with two attached hydrogens (primary N) is 3. The summed E-state index contributed by atoms with van der Waals surface area (Å²) in [6, 6.07) is -4.96. The number of carboxylic acid groups (broad SMARTS) is 2. The van der Waals surface area contributed by atoms with Gasteiger partial charge in [-0.3, -0.25) is 24.6 Å². The Labute approximate surface area is 209 Å². The lowest BCUT2D eigenvalue weighted by atomic mass is 10.0. The molecule has 0 bridgehead atoms. The van der Waals surface area contributed by atoms with E-state index in [0.29, 0.717) is 32.4 Å². The van der Waals surface area contributed by atoms with E-state index in [0.717, 1.165) is 0 Å². The zero-order valence-corrected chi connectivity index (χ0v) is 20.7. The molecular formula is C21H40N8O7. The summed E-state index contributed by atoms with van der Waals surface area (Å²) in [6.45, 7) is 3.80. The molecule has 13 N–H and O–H groups in total. The van der Waals surface area contributed by atoms with Crippen LogP contribution >= 0.6 is 0 Å². The number of hydrogen-bond donors (Lipinski definition) is 10. The molecule has 3 amide bonds. The number of amides is 3. The van der Waals surface area contributed by atoms with Crippen molar-refractivity contribution in [1.82, 2.24) is 21.3 Å². The number of carboxylic acids is 2. The fourth-order valence-electron chi connectivity index (χ4n) is 3.14. The molecule has 0 rings (SSSR count). The summed E-state index contributed by atoms with van der Waals surface area (Å²) in [5.74, 6) is -5.83. The largest absolute Gasteiger partial charge is 0.481 e. The van der Waals surface area contributed by atoms with Crippen molar-refractivity contribution in [3.63, 3.8) is 0 Å². The molecule has 0 unspecified atom stereocenters. The van der Waals surface area contributed by atoms with Crippen molar-refractivity contribution in [2.75, 3.05) is 13.1 Å². The first-order valence-corrected chi connectivity index (χ1v) is 11.7. The average Bonchev–Trinajstić information content (AvgIpc) is 2.77. The second kappa shape index (κ2) is 17.0. The van der Waals surface area contributed by atoms with Crippen LogP contribution in [0.2, 0.25) is 0 Å². The van der Waals surface area contributed by atoms with Crippen LogP contribution in [0.4, 0.5) is 0 Å². The van der Waals surface area contributed by atoms with Crippen LogP contribution in [-0.4, -0.2) is 83.1 Å². The summed E-state index contributed by atoms with van der Waals surface area (Å²) < 4.78 is 0. The van der Waals surface area contributed by atoms with Gasteiger partial charge in [0.05, 0.1) is 12.5 Å². The minimum absolute atomic E-state index is 0.151. The smallest absolute Gasteiger partial charge is 0.326 e. The van der Waals surface area contributed by atoms with Gasteiger partial charge in [-0.25, -0.2) is 4.79 Å². The summed E-state index contributed by atoms with van der Waals surface area (Å²) in [7, 11) is 0. The molecule has 0 radical (unpaired) electrons. The van der Waals surface area contributed by atoms with E-state index < -0.39 is 66.2 Å². The van der Waals surface area contributed by atoms with E-state index in [1.807, 2.05) is 0 Å². The van der Waals surface area contributed by atoms with Crippen LogP contribution in [0, 0.1) is 11.3 Å². The average molecular weight is 517 g/mol. The summed E-state index contributed by atoms with van der Waals surface area (Å²) in [5, 5.41) is 35.2. The molecule has 0 aliphatic heterocycles. The van der Waals surface area contributed by atoms with Crippen LogP contribution in [0.3, 0.4) is 0 Å². The van der Waals surface area contributed by atoms with Crippen LogP contribution in [0.5, 0.6) is 0 Å². The van der Waals surface area contributed by atoms with Gasteiger partial charge in [0.2, 0.25) is 17.7 Å². The number of hydrogen-bond acceptors (Lipinski definition) is 8. The molecule has 4 atom stereocenters. The lowest BCUT2D eigenvalue weighted by molar-refractivity contribution is -0.144. The first kappa shape index (κ1) is 32.5. The van der Waals surface area contributed by atoms with Gasteiger partial charge in [0.15, 0.2) is 5.96 Å². The lowest BCUT2D eigenvalue weighted by Crippen LogP contribution is -2.58. The highest BCUT2D eigenvalue weighted by Gasteiger charge is 2.32. The Morgan fingerprint density at radius 2 is 1.44 bits per heavy atom. The Morgan fingerprint density at radius 1 is 0.861 bits per heavy atom. The third kappa shape index (κ3) is 13.4. The summed E-state index contributed by atoms with van der Waals surface area (Å²) in [5.41, 5.74) is 16.6. The first-order chi connectivity index (χ1) is 16.8. The van der Waals surface area contributed by atoms with Crippen molar-refractivity contribution in [3.8, 4) is 0 Å². The van der Waals surface area contributed by atoms with Gasteiger partial charge in [-0.15, -0.1) is 0 Å². The van der Waals surface area contributed by atoms with Gasteiger partial charge in [0, 0.05) is 6.54 Å². The van der Waals surface area contributed by atoms with E-state index >= 15 is 0 Å². The SMILES string of the molecule is CC(C)[C@H](NC(=O)[C@H](CC(=O)O)NC(=O)[C@H](CCCCN)NC(=O)[C@@H](N)CCCNC(=N)N)C(=O)O. The predicted molar refractivity (Wildman–Crippen MR) is 131 cm³/mol. The highest BCUT2D eigenvalue weighted by Crippen LogP contribution is 2.07. The molecule has 0 aromatic rings. The Bertz CT molecular complexity index is 777. The maximum Gasteiger partial charge on any atom is 0.326 e. The third-order valence-electron chi connectivity index (χ3n) is 5.17. The van der Waals surface area contributed by atoms with Gasteiger partial charge < -0.3 is 48.7 Å². The highest BCUT2D eigenvalue weighted by molar-refractivity contribution is 5.95. The number of carbonyl (C=O) groups is 5. The van der Waals surface area contributed by atoms with Gasteiger partial charge in [0.25, 0.3) is 0 Å². The van der Waals surface area contributed by atoms with Crippen molar-refractivity contribution in [3.05, 3.63) is 0 Å². The molecule has 0 fully saturated rings. The molecule has 15 nitrogen and oxygen atoms in total. The molecule has 0 aromatic heterocycles. The molecule has 36 heavy (non-hydrogen) atoms. The quantitative estimate of drug-likeness (QED) is 0.0511. The highest BCUT2D eigenvalue weighted by atomic mass is 16.4. The third-order valence-corrected chi connectivity index (χ3v) is 5.17. The lowest BCUT2D eigenvalue weighted by Gasteiger charge is -2.25. The summed E-state index contributed by atoms with van der Waals surface area (Å²) >= 11 is 0. The zero-order chi connectivity index (χ0) is 27.8. The molecule has 15 heteroatoms. The normalized spacial score (nSPS) is 14.1. The first-order valence-electron chi connectivity index (χ1n) is 11.7. The van der Waals surface area contributed by atoms with E-state index in [1.54, 1.807) is 13.8 Å². The van der Waals surface area contributed by atoms with Crippen LogP contribution in [0.25, 0.3) is 0 Å². The molecule has 0 aromatic carbocycles. The number of guanidine groups is 1. The molecule has 0 saturated heterocycles. The molecule has 0 heterocycles. The van der Waals surface area contributed by atoms with Crippen molar-refractivity contribution in [2.24, 2.45) is 23.1 Å². The van der Waals surface area contributed by atoms with E-state index in [-0.39, 0.29) is 18.8 Å². The van der Waals surface area contributed by atoms with Crippen molar-refractivity contribution >= 4 is 35.6 Å². The van der Waals surface area contributed by atoms with Crippen LogP contribution < -0.4 is 38.5 Å². The van der Waals surface area contributed by atoms with Crippen molar-refractivity contribution in [1.29, 1.82) is 5.41 Å². The maximum atomic E-state index is 12.9. The summed E-state index contributed by atoms with van der Waals surface area (Å²) in [4.78, 5) is 60.8. The van der Waals surface area contributed by atoms with Crippen LogP contribution in [-0.2, 0) is 24.0 Å². The Morgan fingerprint density at radius 3 is 1.94 bits per heavy atom. The van der Waals surface area contributed by atoms with Crippen molar-refractivity contribution in [2.45, 2.75) is 76.5 Å². The summed E-state index contributed by atoms with van der Waals surface area (Å²) in [6.07, 6.45) is 1.03. The Hall–Kier alpha value is -3.46. The number of carbonyl (C=O) groups excluding carboxylic acids is 3. The Balaban J connectivity index is 5.40. The Kier molecular flexibility index (Phi) is 15.4. The minimum atomic E-state index is -1.57. The van der Waals surface area contributed by atoms with E-state index in [2.05, 4.69) is 21.3 Å². The molecule has 0 saturated carbocycles. The number of aliphatic carboxylic acids is 2. The van der Waals surface area contributed by atoms with Gasteiger partial charge >= 0.3 is 11.9 Å². The standard InChI is InChI=1S/C21H40N8O7/c1-11(2)16(20(35)36)29-19(34)14(10-15(30)31)28-18(33)13(7-3-4-8-22)27-17(32)12(23)6-5-9-26-21(24)25/h11-14,16H,3-10,22-23H2,1-2H3,(H,27,32)(H,28,33)(H,29,34)(H,30,31)(H,35,36)(H4,24,25,26)/t12-,13-,14-,16-/m0/s1. The number of nitrogens with one attached hydrogen (secondary N) is 5. The molecule has 0 aliphatic rings. The monoisotopic (exact) mass is 516 g/mol. The molecule has 0 spiro atoms. The van der Waals surface area contributed by atoms with E-state index in [1.165, 1.54) is 0 Å². The van der Waals surface area contributed by atoms with Crippen LogP contribution in [0.15, 0.2) is 0 Å². The predicted octanol–water partition coefficient (Wildman–Crippen LogP) is -2.62. The van der Waals surface area contributed by atoms with Gasteiger partial charge in [-0.05, 0) is 44.6 Å². The number of rotatable bonds is 18. The van der Waals surface area contributed by atoms with Gasteiger partial charge in [0.1, 0.15) is 18.1 Å². The molecule has 0 aliphatic carbocycles. The fourth-order valence-corrected chi connectivity index (χ4v) is 3.14. The topological polar surface area (TPSA) is 276 Å². The van der Waals surface area contributed by atoms with E-state index in [9.17, 15) is 34.2 Å². The second-order valence-corrected chi connectivity index (χ2v) is 8.66. The second-order valence-electron chi connectivity index (χ2n) is 8.66. The molecule has 206 valence electrons. The minimum Gasteiger partial charge on any atom is -0.481 e. The van der Waals surface area contributed by atoms with Crippen molar-refractivity contribution < 1.29 is 34.2 Å². The van der Waals surface area contributed by atoms with Crippen LogP contribution in [0.1, 0.15) is 52.4 Å². The van der Waals surface area contributed by atoms with Gasteiger partial charge in [-0.2, -0.15) is 0 Å². The van der Waals surface area contributed by atoms with Gasteiger partial charge in [-0.1, -0.05) is 13.8 Å². The number of unbranched alkanes of at least 4 members (excludes halogenated alkanes) is 1. The maximum absolute atomic E-state index is 12.9. The fraction of sp³-hybridized carbons (Fsp3) is 0.714. The molecular weight excluding hydrogens is 476 g/mol. The zero-order valence-electron chi connectivity index (χ0n) is 20.7.